The summed E-state index contributed by atoms with van der Waals surface area (Å²) < 4.78 is 1.18. The maximum Gasteiger partial charge on any atom is 0.323 e. The Kier molecular flexibility index (Phi) is 5.25. The zero-order valence-corrected chi connectivity index (χ0v) is 15.1. The second-order valence-electron chi connectivity index (χ2n) is 4.77. The van der Waals surface area contributed by atoms with E-state index in [1.54, 1.807) is 6.08 Å². The van der Waals surface area contributed by atoms with Crippen molar-refractivity contribution in [1.29, 1.82) is 0 Å². The molecule has 5 nitrogen and oxygen atoms in total. The lowest BCUT2D eigenvalue weighted by atomic mass is 10.2. The number of hydrogen-bond donors (Lipinski definition) is 1. The first kappa shape index (κ1) is 17.0. The van der Waals surface area contributed by atoms with Crippen LogP contribution in [0.3, 0.4) is 0 Å². The molecule has 0 spiro atoms. The molecule has 0 bridgehead atoms. The van der Waals surface area contributed by atoms with Gasteiger partial charge in [0.1, 0.15) is 10.9 Å². The lowest BCUT2D eigenvalue weighted by Gasteiger charge is -2.14. The molecule has 0 atom stereocenters. The van der Waals surface area contributed by atoms with E-state index in [-0.39, 0.29) is 10.2 Å². The number of rotatable bonds is 4. The van der Waals surface area contributed by atoms with Crippen LogP contribution in [0.5, 0.6) is 0 Å². The second-order valence-corrected chi connectivity index (χ2v) is 7.30. The molecule has 0 unspecified atom stereocenters. The molecule has 0 saturated carbocycles. The van der Waals surface area contributed by atoms with Gasteiger partial charge in [-0.15, -0.1) is 0 Å². The van der Waals surface area contributed by atoms with E-state index >= 15 is 0 Å². The number of anilines is 1. The average molecular weight is 401 g/mol. The quantitative estimate of drug-likeness (QED) is 0.619. The molecule has 0 aromatic heterocycles. The summed E-state index contributed by atoms with van der Waals surface area (Å²) in [4.78, 5) is 26.4. The van der Waals surface area contributed by atoms with Gasteiger partial charge in [-0.05, 0) is 39.7 Å². The van der Waals surface area contributed by atoms with Gasteiger partial charge in [0.2, 0.25) is 0 Å². The molecule has 1 aromatic rings. The number of amides is 1. The van der Waals surface area contributed by atoms with Crippen molar-refractivity contribution in [3.8, 4) is 0 Å². The van der Waals surface area contributed by atoms with Crippen LogP contribution in [-0.4, -0.2) is 46.8 Å². The van der Waals surface area contributed by atoms with Gasteiger partial charge in [-0.1, -0.05) is 30.0 Å². The van der Waals surface area contributed by atoms with Gasteiger partial charge in [0, 0.05) is 18.6 Å². The first-order valence-electron chi connectivity index (χ1n) is 6.23. The molecule has 22 heavy (non-hydrogen) atoms. The number of thiocarbonyl (C=S) groups is 1. The van der Waals surface area contributed by atoms with Gasteiger partial charge < -0.3 is 10.0 Å². The Labute approximate surface area is 146 Å². The number of carboxylic acid groups (broad SMARTS) is 1. The number of carboxylic acids is 1. The van der Waals surface area contributed by atoms with Crippen molar-refractivity contribution < 1.29 is 14.7 Å². The monoisotopic (exact) mass is 400 g/mol. The summed E-state index contributed by atoms with van der Waals surface area (Å²) in [7, 11) is 3.88. The van der Waals surface area contributed by atoms with E-state index in [1.165, 1.54) is 0 Å². The molecular weight excluding hydrogens is 388 g/mol. The molecule has 1 aromatic carbocycles. The molecule has 1 heterocycles. The van der Waals surface area contributed by atoms with E-state index in [0.29, 0.717) is 4.91 Å². The van der Waals surface area contributed by atoms with E-state index in [2.05, 4.69) is 15.9 Å². The largest absolute Gasteiger partial charge is 0.480 e. The summed E-state index contributed by atoms with van der Waals surface area (Å²) >= 11 is 9.66. The highest BCUT2D eigenvalue weighted by molar-refractivity contribution is 9.10. The van der Waals surface area contributed by atoms with Gasteiger partial charge in [-0.2, -0.15) is 0 Å². The fraction of sp³-hybridized carbons (Fsp3) is 0.214. The van der Waals surface area contributed by atoms with Crippen molar-refractivity contribution in [2.75, 3.05) is 25.5 Å². The van der Waals surface area contributed by atoms with Crippen LogP contribution in [0.4, 0.5) is 5.69 Å². The highest BCUT2D eigenvalue weighted by Crippen LogP contribution is 2.33. The summed E-state index contributed by atoms with van der Waals surface area (Å²) in [6, 6.07) is 5.73. The minimum atomic E-state index is -1.09. The van der Waals surface area contributed by atoms with Crippen molar-refractivity contribution in [2.24, 2.45) is 0 Å². The molecule has 1 amide bonds. The van der Waals surface area contributed by atoms with Crippen LogP contribution in [-0.2, 0) is 9.59 Å². The van der Waals surface area contributed by atoms with Gasteiger partial charge in [0.25, 0.3) is 5.91 Å². The number of carbonyl (C=O) groups excluding carboxylic acids is 1. The van der Waals surface area contributed by atoms with Crippen LogP contribution >= 0.6 is 39.9 Å². The van der Waals surface area contributed by atoms with Gasteiger partial charge in [0.15, 0.2) is 0 Å². The number of nitrogens with zero attached hydrogens (tertiary/aromatic N) is 2. The Hall–Kier alpha value is -1.38. The Morgan fingerprint density at radius 2 is 2.18 bits per heavy atom. The molecule has 0 aliphatic carbocycles. The van der Waals surface area contributed by atoms with E-state index in [9.17, 15) is 9.59 Å². The van der Waals surface area contributed by atoms with E-state index in [1.807, 2.05) is 37.2 Å². The second kappa shape index (κ2) is 6.80. The van der Waals surface area contributed by atoms with Gasteiger partial charge >= 0.3 is 5.97 Å². The Morgan fingerprint density at radius 1 is 1.50 bits per heavy atom. The smallest absolute Gasteiger partial charge is 0.323 e. The lowest BCUT2D eigenvalue weighted by Crippen LogP contribution is -2.33. The number of benzene rings is 1. The van der Waals surface area contributed by atoms with Crippen molar-refractivity contribution in [1.82, 2.24) is 4.90 Å². The zero-order valence-electron chi connectivity index (χ0n) is 11.9. The third-order valence-corrected chi connectivity index (χ3v) is 4.93. The summed E-state index contributed by atoms with van der Waals surface area (Å²) in [6.45, 7) is -0.411. The average Bonchev–Trinajstić information content (AvgIpc) is 2.66. The fourth-order valence-electron chi connectivity index (χ4n) is 1.90. The van der Waals surface area contributed by atoms with Crippen LogP contribution in [0.2, 0.25) is 0 Å². The summed E-state index contributed by atoms with van der Waals surface area (Å²) in [5.41, 5.74) is 1.86. The number of aliphatic carboxylic acids is 1. The lowest BCUT2D eigenvalue weighted by molar-refractivity contribution is -0.140. The first-order valence-corrected chi connectivity index (χ1v) is 8.25. The minimum absolute atomic E-state index is 0.266. The molecule has 1 aliphatic rings. The van der Waals surface area contributed by atoms with Gasteiger partial charge in [-0.25, -0.2) is 0 Å². The maximum absolute atomic E-state index is 12.2. The third-order valence-electron chi connectivity index (χ3n) is 2.92. The van der Waals surface area contributed by atoms with Crippen molar-refractivity contribution in [3.63, 3.8) is 0 Å². The zero-order chi connectivity index (χ0) is 16.4. The predicted molar refractivity (Wildman–Crippen MR) is 96.0 cm³/mol. The predicted octanol–water partition coefficient (Wildman–Crippen LogP) is 2.80. The van der Waals surface area contributed by atoms with Gasteiger partial charge in [-0.3, -0.25) is 14.5 Å². The van der Waals surface area contributed by atoms with Crippen molar-refractivity contribution in [3.05, 3.63) is 33.1 Å². The molecule has 1 fully saturated rings. The highest BCUT2D eigenvalue weighted by Gasteiger charge is 2.33. The maximum atomic E-state index is 12.2. The molecule has 1 saturated heterocycles. The molecule has 1 N–H and O–H groups in total. The molecule has 0 radical (unpaired) electrons. The Bertz CT molecular complexity index is 689. The van der Waals surface area contributed by atoms with Crippen LogP contribution in [0.1, 0.15) is 5.56 Å². The number of halogens is 1. The van der Waals surface area contributed by atoms with E-state index < -0.39 is 12.5 Å². The standard InChI is InChI=1S/C14H13BrN2O3S2/c1-16(2)10-4-3-8(5-9(10)15)6-11-13(20)17(7-12(18)19)14(21)22-11/h3-6H,7H2,1-2H3,(H,18,19)/b11-6-. The Morgan fingerprint density at radius 3 is 2.73 bits per heavy atom. The van der Waals surface area contributed by atoms with Crippen molar-refractivity contribution in [2.45, 2.75) is 0 Å². The summed E-state index contributed by atoms with van der Waals surface area (Å²) in [6.07, 6.45) is 1.71. The van der Waals surface area contributed by atoms with Crippen LogP contribution in [0, 0.1) is 0 Å². The summed E-state index contributed by atoms with van der Waals surface area (Å²) in [5.74, 6) is -1.46. The van der Waals surface area contributed by atoms with Gasteiger partial charge in [0.05, 0.1) is 10.6 Å². The molecule has 116 valence electrons. The van der Waals surface area contributed by atoms with Crippen LogP contribution < -0.4 is 4.90 Å². The SMILES string of the molecule is CN(C)c1ccc(/C=C2\SC(=S)N(CC(=O)O)C2=O)cc1Br. The summed E-state index contributed by atoms with van der Waals surface area (Å²) in [5, 5.41) is 8.81. The fourth-order valence-corrected chi connectivity index (χ4v) is 3.90. The van der Waals surface area contributed by atoms with Crippen LogP contribution in [0.15, 0.2) is 27.6 Å². The van der Waals surface area contributed by atoms with Crippen LogP contribution in [0.25, 0.3) is 6.08 Å². The minimum Gasteiger partial charge on any atom is -0.480 e. The van der Waals surface area contributed by atoms with E-state index in [0.717, 1.165) is 32.4 Å². The molecule has 1 aliphatic heterocycles. The molecule has 2 rings (SSSR count). The van der Waals surface area contributed by atoms with E-state index in [4.69, 9.17) is 17.3 Å². The number of carbonyl (C=O) groups is 2. The first-order chi connectivity index (χ1) is 10.3. The molecule has 8 heteroatoms. The highest BCUT2D eigenvalue weighted by atomic mass is 79.9. The Balaban J connectivity index is 2.27. The molecular formula is C14H13BrN2O3S2. The normalized spacial score (nSPS) is 16.5. The topological polar surface area (TPSA) is 60.9 Å². The number of thioether (sulfide) groups is 1. The number of hydrogen-bond acceptors (Lipinski definition) is 5. The van der Waals surface area contributed by atoms with Crippen molar-refractivity contribution >= 4 is 67.9 Å². The third kappa shape index (κ3) is 3.68.